The summed E-state index contributed by atoms with van der Waals surface area (Å²) in [4.78, 5) is 14.7. The molecule has 2 heterocycles. The monoisotopic (exact) mass is 357 g/mol. The lowest BCUT2D eigenvalue weighted by Crippen LogP contribution is -2.29. The van der Waals surface area contributed by atoms with Gasteiger partial charge in [-0.25, -0.2) is 0 Å². The maximum absolute atomic E-state index is 13.0. The highest BCUT2D eigenvalue weighted by Gasteiger charge is 2.30. The van der Waals surface area contributed by atoms with E-state index in [1.54, 1.807) is 12.0 Å². The van der Waals surface area contributed by atoms with Crippen LogP contribution in [0.4, 0.5) is 0 Å². The summed E-state index contributed by atoms with van der Waals surface area (Å²) in [5.41, 5.74) is 5.62. The molecular formula is C20H27N3O3. The van der Waals surface area contributed by atoms with E-state index < -0.39 is 0 Å². The smallest absolute Gasteiger partial charge is 0.274 e. The average molecular weight is 357 g/mol. The third-order valence-corrected chi connectivity index (χ3v) is 4.93. The Bertz CT molecular complexity index is 805. The first-order valence-corrected chi connectivity index (χ1v) is 8.94. The van der Waals surface area contributed by atoms with Crippen molar-refractivity contribution >= 4 is 5.91 Å². The number of nitrogens with one attached hydrogen (secondary N) is 1. The van der Waals surface area contributed by atoms with Gasteiger partial charge in [-0.15, -0.1) is 0 Å². The van der Waals surface area contributed by atoms with E-state index in [0.29, 0.717) is 18.7 Å². The summed E-state index contributed by atoms with van der Waals surface area (Å²) in [6.07, 6.45) is 0.713. The van der Waals surface area contributed by atoms with E-state index in [4.69, 9.17) is 9.47 Å². The summed E-state index contributed by atoms with van der Waals surface area (Å²) in [7, 11) is 3.49. The van der Waals surface area contributed by atoms with Crippen molar-refractivity contribution in [2.75, 3.05) is 14.2 Å². The fourth-order valence-electron chi connectivity index (χ4n) is 3.83. The molecule has 1 aliphatic heterocycles. The number of hydrogen-bond donors (Lipinski definition) is 1. The zero-order valence-electron chi connectivity index (χ0n) is 16.3. The van der Waals surface area contributed by atoms with Crippen molar-refractivity contribution < 1.29 is 14.3 Å². The number of amides is 1. The Hall–Kier alpha value is -2.34. The normalized spacial score (nSPS) is 19.2. The van der Waals surface area contributed by atoms with Crippen molar-refractivity contribution in [3.05, 3.63) is 45.8 Å². The molecule has 1 amide bonds. The van der Waals surface area contributed by atoms with E-state index in [1.165, 1.54) is 0 Å². The van der Waals surface area contributed by atoms with Crippen LogP contribution in [0.25, 0.3) is 0 Å². The molecule has 0 fully saturated rings. The number of rotatable bonds is 4. The van der Waals surface area contributed by atoms with Gasteiger partial charge in [0.25, 0.3) is 5.91 Å². The molecule has 0 radical (unpaired) electrons. The fourth-order valence-corrected chi connectivity index (χ4v) is 3.83. The van der Waals surface area contributed by atoms with Crippen LogP contribution >= 0.6 is 0 Å². The van der Waals surface area contributed by atoms with Crippen LogP contribution in [0.1, 0.15) is 58.4 Å². The van der Waals surface area contributed by atoms with E-state index in [0.717, 1.165) is 33.7 Å². The van der Waals surface area contributed by atoms with Gasteiger partial charge in [-0.1, -0.05) is 12.1 Å². The molecule has 1 aliphatic rings. The molecule has 1 aromatic carbocycles. The molecule has 1 aromatic heterocycles. The van der Waals surface area contributed by atoms with Crippen LogP contribution in [0, 0.1) is 13.8 Å². The molecule has 0 unspecified atom stereocenters. The summed E-state index contributed by atoms with van der Waals surface area (Å²) in [6, 6.07) is 4.13. The van der Waals surface area contributed by atoms with Crippen molar-refractivity contribution in [3.63, 3.8) is 0 Å². The molecule has 26 heavy (non-hydrogen) atoms. The van der Waals surface area contributed by atoms with E-state index in [9.17, 15) is 4.79 Å². The van der Waals surface area contributed by atoms with Crippen molar-refractivity contribution in [2.45, 2.75) is 52.9 Å². The van der Waals surface area contributed by atoms with Gasteiger partial charge in [-0.3, -0.25) is 9.89 Å². The van der Waals surface area contributed by atoms with Crippen LogP contribution in [0.15, 0.2) is 12.1 Å². The second kappa shape index (κ2) is 7.11. The Morgan fingerprint density at radius 1 is 1.35 bits per heavy atom. The van der Waals surface area contributed by atoms with Gasteiger partial charge in [0.05, 0.1) is 25.0 Å². The van der Waals surface area contributed by atoms with Gasteiger partial charge in [-0.2, -0.15) is 5.10 Å². The predicted octanol–water partition coefficient (Wildman–Crippen LogP) is 3.33. The fraction of sp³-hybridized carbons (Fsp3) is 0.500. The summed E-state index contributed by atoms with van der Waals surface area (Å²) in [5, 5.41) is 7.28. The number of aryl methyl sites for hydroxylation is 2. The van der Waals surface area contributed by atoms with Gasteiger partial charge in [-0.05, 0) is 44.4 Å². The molecule has 0 spiro atoms. The highest BCUT2D eigenvalue weighted by Crippen LogP contribution is 2.31. The molecule has 0 saturated carbocycles. The van der Waals surface area contributed by atoms with Crippen LogP contribution in [-0.4, -0.2) is 41.3 Å². The molecule has 2 atom stereocenters. The first-order chi connectivity index (χ1) is 12.3. The molecular weight excluding hydrogens is 330 g/mol. The van der Waals surface area contributed by atoms with Gasteiger partial charge in [0.15, 0.2) is 5.69 Å². The van der Waals surface area contributed by atoms with Gasteiger partial charge < -0.3 is 14.4 Å². The number of benzene rings is 1. The number of carbonyl (C=O) groups is 1. The van der Waals surface area contributed by atoms with E-state index in [-0.39, 0.29) is 18.1 Å². The number of fused-ring (bicyclic) bond motifs is 1. The largest absolute Gasteiger partial charge is 0.496 e. The third kappa shape index (κ3) is 3.33. The number of methoxy groups -OCH3 is 1. The second-order valence-corrected chi connectivity index (χ2v) is 7.18. The zero-order chi connectivity index (χ0) is 19.0. The highest BCUT2D eigenvalue weighted by molar-refractivity contribution is 5.94. The van der Waals surface area contributed by atoms with Crippen LogP contribution in [0.5, 0.6) is 5.75 Å². The second-order valence-electron chi connectivity index (χ2n) is 7.18. The van der Waals surface area contributed by atoms with E-state index in [2.05, 4.69) is 22.3 Å². The first-order valence-electron chi connectivity index (χ1n) is 8.94. The van der Waals surface area contributed by atoms with E-state index in [1.807, 2.05) is 34.7 Å². The van der Waals surface area contributed by atoms with Crippen molar-refractivity contribution in [1.29, 1.82) is 0 Å². The van der Waals surface area contributed by atoms with Crippen LogP contribution in [0.2, 0.25) is 0 Å². The van der Waals surface area contributed by atoms with Crippen molar-refractivity contribution in [3.8, 4) is 5.75 Å². The van der Waals surface area contributed by atoms with Gasteiger partial charge >= 0.3 is 0 Å². The summed E-state index contributed by atoms with van der Waals surface area (Å²) in [5.74, 6) is 0.821. The maximum atomic E-state index is 13.0. The number of aromatic nitrogens is 2. The number of ether oxygens (including phenoxy) is 2. The molecule has 0 saturated heterocycles. The molecule has 6 nitrogen and oxygen atoms in total. The van der Waals surface area contributed by atoms with Gasteiger partial charge in [0, 0.05) is 25.6 Å². The minimum Gasteiger partial charge on any atom is -0.496 e. The first kappa shape index (κ1) is 18.5. The van der Waals surface area contributed by atoms with Gasteiger partial charge in [0.1, 0.15) is 5.75 Å². The summed E-state index contributed by atoms with van der Waals surface area (Å²) < 4.78 is 11.2. The third-order valence-electron chi connectivity index (χ3n) is 4.93. The summed E-state index contributed by atoms with van der Waals surface area (Å²) >= 11 is 0. The van der Waals surface area contributed by atoms with Crippen LogP contribution < -0.4 is 4.74 Å². The topological polar surface area (TPSA) is 67.5 Å². The number of carbonyl (C=O) groups excluding carboxylic acids is 1. The molecule has 140 valence electrons. The predicted molar refractivity (Wildman–Crippen MR) is 99.5 cm³/mol. The minimum atomic E-state index is -0.0741. The standard InChI is InChI=1S/C20H27N3O3/c1-11-7-15(8-12(2)19(11)25-6)10-23(5)20(24)18-16-9-13(3)26-14(4)17(16)21-22-18/h7-8,13-14H,9-10H2,1-6H3,(H,21,22)/t13-,14+/m0/s1. The SMILES string of the molecule is COc1c(C)cc(CN(C)C(=O)c2n[nH]c3c2C[C@H](C)O[C@@H]3C)cc1C. The molecule has 1 N–H and O–H groups in total. The lowest BCUT2D eigenvalue weighted by molar-refractivity contribution is -0.00701. The molecule has 0 aliphatic carbocycles. The lowest BCUT2D eigenvalue weighted by atomic mass is 9.99. The highest BCUT2D eigenvalue weighted by atomic mass is 16.5. The molecule has 0 bridgehead atoms. The average Bonchev–Trinajstić information content (AvgIpc) is 2.97. The minimum absolute atomic E-state index is 0.0695. The summed E-state index contributed by atoms with van der Waals surface area (Å²) in [6.45, 7) is 8.56. The van der Waals surface area contributed by atoms with Crippen molar-refractivity contribution in [1.82, 2.24) is 15.1 Å². The number of hydrogen-bond acceptors (Lipinski definition) is 4. The number of aromatic amines is 1. The Balaban J connectivity index is 1.81. The molecule has 2 aromatic rings. The zero-order valence-corrected chi connectivity index (χ0v) is 16.3. The molecule has 6 heteroatoms. The van der Waals surface area contributed by atoms with Crippen molar-refractivity contribution in [2.24, 2.45) is 0 Å². The van der Waals surface area contributed by atoms with Gasteiger partial charge in [0.2, 0.25) is 0 Å². The van der Waals surface area contributed by atoms with Crippen LogP contribution in [0.3, 0.4) is 0 Å². The lowest BCUT2D eigenvalue weighted by Gasteiger charge is -2.26. The maximum Gasteiger partial charge on any atom is 0.274 e. The Morgan fingerprint density at radius 2 is 2.00 bits per heavy atom. The molecule has 3 rings (SSSR count). The Morgan fingerprint density at radius 3 is 2.62 bits per heavy atom. The number of H-pyrrole nitrogens is 1. The Labute approximate surface area is 154 Å². The number of nitrogens with zero attached hydrogens (tertiary/aromatic N) is 2. The Kier molecular flexibility index (Phi) is 5.05. The van der Waals surface area contributed by atoms with E-state index >= 15 is 0 Å². The van der Waals surface area contributed by atoms with Crippen LogP contribution in [-0.2, 0) is 17.7 Å². The quantitative estimate of drug-likeness (QED) is 0.911.